The highest BCUT2D eigenvalue weighted by molar-refractivity contribution is 5.73. The highest BCUT2D eigenvalue weighted by atomic mass is 16.8. The quantitative estimate of drug-likeness (QED) is 0.0290. The Morgan fingerprint density at radius 1 is 0.203 bits per heavy atom. The molecule has 0 unspecified atom stereocenters. The van der Waals surface area contributed by atoms with Crippen molar-refractivity contribution in [3.8, 4) is 0 Å². The molecule has 55 atom stereocenters. The van der Waals surface area contributed by atoms with Gasteiger partial charge >= 0.3 is 0 Å². The zero-order valence-electron chi connectivity index (χ0n) is 67.7. The van der Waals surface area contributed by atoms with E-state index in [1.54, 1.807) is 0 Å². The lowest BCUT2D eigenvalue weighted by Gasteiger charge is -2.51. The molecule has 0 aromatic carbocycles. The molecule has 0 saturated carbocycles. The minimum Gasteiger partial charge on any atom is -0.394 e. The number of rotatable bonds is 33. The number of hydrogen-bond donors (Lipinski definition) is 35. The molecule has 11 aliphatic rings. The first kappa shape index (κ1) is 105. The van der Waals surface area contributed by atoms with Crippen molar-refractivity contribution in [2.75, 3.05) is 72.7 Å². The maximum atomic E-state index is 13.1. The second-order valence-corrected chi connectivity index (χ2v) is 32.3. The summed E-state index contributed by atoms with van der Waals surface area (Å²) < 4.78 is 124. The van der Waals surface area contributed by atoms with Gasteiger partial charge in [-0.25, -0.2) is 0 Å². The van der Waals surface area contributed by atoms with Crippen molar-refractivity contribution in [3.63, 3.8) is 0 Å². The van der Waals surface area contributed by atoms with E-state index in [-0.39, 0.29) is 0 Å². The lowest BCUT2D eigenvalue weighted by Crippen LogP contribution is -2.70. The molecule has 0 spiro atoms. The van der Waals surface area contributed by atoms with Gasteiger partial charge in [-0.05, 0) is 0 Å². The number of carbonyl (C=O) groups is 2. The first-order chi connectivity index (χ1) is 60.7. The van der Waals surface area contributed by atoms with Crippen LogP contribution in [0, 0.1) is 0 Å². The minimum absolute atomic E-state index is 0.824. The van der Waals surface area contributed by atoms with Crippen LogP contribution in [0.3, 0.4) is 0 Å². The molecule has 11 rings (SSSR count). The second kappa shape index (κ2) is 45.8. The number of nitrogens with one attached hydrogen (secondary N) is 2. The maximum Gasteiger partial charge on any atom is 0.217 e. The molecule has 0 aliphatic carbocycles. The summed E-state index contributed by atoms with van der Waals surface area (Å²) >= 11 is 0. The number of aliphatic hydroxyl groups is 33. The van der Waals surface area contributed by atoms with Crippen LogP contribution in [-0.4, -0.2) is 591 Å². The highest BCUT2D eigenvalue weighted by Gasteiger charge is 2.62. The van der Waals surface area contributed by atoms with Crippen molar-refractivity contribution in [1.29, 1.82) is 0 Å². The molecular formula is C70H118N2O56. The standard InChI is InChI=1S/C70H118N2O56/c1-14(82)71-27-38(93)52(23(10-80)110-60(27)107)121-61-28(72-15(2)83)39(94)53(24(11-81)118-61)122-66-51(106)55(124-69-59(46(101)35(90)21(8-78)116-69)128-70-58(45(100)34(89)22(9-79)117-70)127-65-49(104)42(97)31(86)18(5-75)113-65)37(92)26(120-66)12-108-62-50(105)54(123-68-57(44(99)33(88)20(7-77)115-68)126-64-48(103)41(96)30(85)17(4-74)112-64)36(91)25(119-62)13-109-67-56(43(98)32(87)19(6-76)114-67)125-63-47(102)40(95)29(84)16(3-73)111-63/h16-70,73-81,84-107H,3-13H2,1-2H3,(H,71,82)(H,72,83)/t16-,17-,18-,19-,20-,21-,22-,23-,24-,25-,26-,27-,28-,29-,30-,31-,32-,33-,34-,35-,36-,37-,38-,39-,40+,41+,42+,43+,44+,45+,46+,47+,48+,49+,50+,51+,52-,53-,54+,55+,56+,57+,58+,59+,60-,61+,62+,63-,64-,65-,66+,67+,68-,69-,70-/m1/s1. The molecule has 35 N–H and O–H groups in total. The molecule has 128 heavy (non-hydrogen) atoms. The van der Waals surface area contributed by atoms with E-state index in [1.807, 2.05) is 0 Å². The second-order valence-electron chi connectivity index (χ2n) is 32.3. The fraction of sp³-hybridized carbons (Fsp3) is 0.971. The van der Waals surface area contributed by atoms with Gasteiger partial charge in [0.1, 0.15) is 268 Å². The number of aliphatic hydroxyl groups excluding tert-OH is 33. The van der Waals surface area contributed by atoms with E-state index in [0.717, 1.165) is 13.8 Å². The van der Waals surface area contributed by atoms with Gasteiger partial charge in [0, 0.05) is 13.8 Å². The van der Waals surface area contributed by atoms with E-state index in [1.165, 1.54) is 0 Å². The van der Waals surface area contributed by atoms with Crippen molar-refractivity contribution in [2.45, 2.75) is 351 Å². The maximum absolute atomic E-state index is 13.1. The van der Waals surface area contributed by atoms with Gasteiger partial charge in [-0.2, -0.15) is 0 Å². The van der Waals surface area contributed by atoms with E-state index >= 15 is 0 Å². The van der Waals surface area contributed by atoms with Crippen LogP contribution in [0.25, 0.3) is 0 Å². The molecular weight excluding hydrogens is 1760 g/mol. The van der Waals surface area contributed by atoms with Crippen molar-refractivity contribution >= 4 is 11.8 Å². The third-order valence-corrected chi connectivity index (χ3v) is 23.8. The van der Waals surface area contributed by atoms with Gasteiger partial charge < -0.3 is 279 Å². The van der Waals surface area contributed by atoms with E-state index in [4.69, 9.17) is 99.5 Å². The van der Waals surface area contributed by atoms with E-state index in [9.17, 15) is 178 Å². The Morgan fingerprint density at radius 2 is 0.430 bits per heavy atom. The lowest BCUT2D eigenvalue weighted by molar-refractivity contribution is -0.408. The molecule has 2 amide bonds. The average molecular weight is 1880 g/mol. The summed E-state index contributed by atoms with van der Waals surface area (Å²) in [5, 5.41) is 372. The van der Waals surface area contributed by atoms with Gasteiger partial charge in [0.05, 0.1) is 72.7 Å². The third-order valence-electron chi connectivity index (χ3n) is 23.8. The summed E-state index contributed by atoms with van der Waals surface area (Å²) in [6, 6.07) is -3.71. The monoisotopic (exact) mass is 1880 g/mol. The summed E-state index contributed by atoms with van der Waals surface area (Å²) in [5.41, 5.74) is 0. The normalized spacial score (nSPS) is 51.7. The van der Waals surface area contributed by atoms with Gasteiger partial charge in [0.2, 0.25) is 11.8 Å². The van der Waals surface area contributed by atoms with Crippen LogP contribution in [-0.2, 0) is 109 Å². The van der Waals surface area contributed by atoms with Crippen LogP contribution in [0.15, 0.2) is 0 Å². The Hall–Kier alpha value is -3.22. The molecule has 0 radical (unpaired) electrons. The fourth-order valence-electron chi connectivity index (χ4n) is 16.5. The fourth-order valence-corrected chi connectivity index (χ4v) is 16.5. The van der Waals surface area contributed by atoms with Crippen LogP contribution in [0.4, 0.5) is 0 Å². The van der Waals surface area contributed by atoms with Crippen molar-refractivity contribution < 1.29 is 278 Å². The zero-order valence-corrected chi connectivity index (χ0v) is 67.7. The summed E-state index contributed by atoms with van der Waals surface area (Å²) in [4.78, 5) is 25.4. The molecule has 744 valence electrons. The van der Waals surface area contributed by atoms with Crippen molar-refractivity contribution in [1.82, 2.24) is 10.6 Å². The lowest BCUT2D eigenvalue weighted by atomic mass is 9.94. The van der Waals surface area contributed by atoms with Gasteiger partial charge in [-0.3, -0.25) is 9.59 Å². The Labute approximate surface area is 722 Å². The number of hydrogen-bond acceptors (Lipinski definition) is 56. The number of ether oxygens (including phenoxy) is 21. The van der Waals surface area contributed by atoms with Crippen LogP contribution in [0.2, 0.25) is 0 Å². The molecule has 11 fully saturated rings. The molecule has 11 saturated heterocycles. The predicted molar refractivity (Wildman–Crippen MR) is 386 cm³/mol. The smallest absolute Gasteiger partial charge is 0.217 e. The number of carbonyl (C=O) groups excluding carboxylic acids is 2. The Kier molecular flexibility index (Phi) is 37.7. The first-order valence-electron chi connectivity index (χ1n) is 40.7. The summed E-state index contributed by atoms with van der Waals surface area (Å²) in [6.07, 6.45) is -117. The van der Waals surface area contributed by atoms with Gasteiger partial charge in [-0.1, -0.05) is 0 Å². The first-order valence-corrected chi connectivity index (χ1v) is 40.7. The minimum atomic E-state index is -2.69. The molecule has 0 aromatic heterocycles. The third kappa shape index (κ3) is 22.5. The Bertz CT molecular complexity index is 3380. The molecule has 0 aromatic rings. The van der Waals surface area contributed by atoms with E-state index in [2.05, 4.69) is 10.6 Å². The predicted octanol–water partition coefficient (Wildman–Crippen LogP) is -24.7. The molecule has 11 aliphatic heterocycles. The zero-order chi connectivity index (χ0) is 94.0. The van der Waals surface area contributed by atoms with Crippen molar-refractivity contribution in [2.24, 2.45) is 0 Å². The van der Waals surface area contributed by atoms with Gasteiger partial charge in [0.15, 0.2) is 69.2 Å². The highest BCUT2D eigenvalue weighted by Crippen LogP contribution is 2.42. The van der Waals surface area contributed by atoms with Crippen LogP contribution in [0.5, 0.6) is 0 Å². The molecule has 0 bridgehead atoms. The Morgan fingerprint density at radius 3 is 0.773 bits per heavy atom. The SMILES string of the molecule is CC(=O)N[C@@H]1[C@@H](O)[C@H](O[C@@H]2O[C@H](CO)[C@@H](O[C@@H]3O[C@H](CO[C@H]4O[C@H](CO[C@H]5O[C@H](CO)[C@@H](O)[C@H](O)[C@@H]5O[C@H]5O[C@H](CO)[C@@H](O)[C@H](O)[C@@H]5O)[C@@H](O)[C@H](O[C@H]5O[C@H](CO)[C@@H](O)[C@H](O)[C@@H]5O[C@H]5O[C@H](CO)[C@@H](O)[C@H](O)[C@@H]5O)[C@@H]4O)[C@@H](O)[C@H](O[C@H]4O[C@H](CO)[C@@H](O)[C@H](O)[C@@H]4O[C@H]4O[C@H](CO)[C@@H](O)[C@H](O)[C@@H]4O[C@H]4O[C@H](CO)[C@@H](O)[C@H](O)[C@@H]4O)[C@@H]3O)[C@H](O)[C@H]2NC(C)=O)[C@@H](CO)O[C@H]1O. The Balaban J connectivity index is 0.961. The summed E-state index contributed by atoms with van der Waals surface area (Å²) in [5.74, 6) is -1.82. The van der Waals surface area contributed by atoms with Crippen LogP contribution < -0.4 is 10.6 Å². The average Bonchev–Trinajstić information content (AvgIpc) is 0.758. The van der Waals surface area contributed by atoms with Crippen molar-refractivity contribution in [3.05, 3.63) is 0 Å². The largest absolute Gasteiger partial charge is 0.394 e. The molecule has 58 heteroatoms. The molecule has 58 nitrogen and oxygen atoms in total. The molecule has 11 heterocycles. The summed E-state index contributed by atoms with van der Waals surface area (Å²) in [6.45, 7) is -10.9. The number of amides is 2. The van der Waals surface area contributed by atoms with Gasteiger partial charge in [0.25, 0.3) is 0 Å². The van der Waals surface area contributed by atoms with Crippen LogP contribution in [0.1, 0.15) is 13.8 Å². The summed E-state index contributed by atoms with van der Waals surface area (Å²) in [7, 11) is 0. The van der Waals surface area contributed by atoms with Crippen LogP contribution >= 0.6 is 0 Å². The van der Waals surface area contributed by atoms with Gasteiger partial charge in [-0.15, -0.1) is 0 Å². The topological polar surface area (TPSA) is 920 Å². The van der Waals surface area contributed by atoms with E-state index in [0.29, 0.717) is 0 Å². The van der Waals surface area contributed by atoms with E-state index < -0.39 is 422 Å².